The van der Waals surface area contributed by atoms with E-state index in [2.05, 4.69) is 11.9 Å². The second kappa shape index (κ2) is 13.3. The van der Waals surface area contributed by atoms with Crippen molar-refractivity contribution in [2.24, 2.45) is 0 Å². The molecule has 1 aromatic heterocycles. The first-order chi connectivity index (χ1) is 15.4. The van der Waals surface area contributed by atoms with Crippen LogP contribution >= 0.6 is 0 Å². The summed E-state index contributed by atoms with van der Waals surface area (Å²) in [5.74, 6) is 0.0471. The number of Topliss-reactive ketones (excluding diaryl/α,β-unsaturated/α-hetero) is 1. The minimum absolute atomic E-state index is 0.0562. The van der Waals surface area contributed by atoms with Crippen LogP contribution in [0.5, 0.6) is 11.5 Å². The van der Waals surface area contributed by atoms with Crippen LogP contribution in [0.25, 0.3) is 6.08 Å². The molecule has 0 spiro atoms. The lowest BCUT2D eigenvalue weighted by atomic mass is 9.98. The molecule has 7 nitrogen and oxygen atoms in total. The topological polar surface area (TPSA) is 123 Å². The summed E-state index contributed by atoms with van der Waals surface area (Å²) >= 11 is 0. The molecule has 0 radical (unpaired) electrons. The molecule has 1 aromatic carbocycles. The number of allylic oxidation sites excluding steroid dienone is 1. The van der Waals surface area contributed by atoms with Crippen LogP contribution in [-0.4, -0.2) is 33.6 Å². The van der Waals surface area contributed by atoms with Crippen LogP contribution in [-0.2, 0) is 16.0 Å². The third-order valence-corrected chi connectivity index (χ3v) is 5.06. The van der Waals surface area contributed by atoms with Crippen LogP contribution in [0.15, 0.2) is 36.5 Å². The fourth-order valence-electron chi connectivity index (χ4n) is 3.33. The molecule has 2 aromatic rings. The number of phenolic OH excluding ortho intramolecular Hbond substituents is 1. The van der Waals surface area contributed by atoms with Crippen molar-refractivity contribution in [1.29, 1.82) is 0 Å². The lowest BCUT2D eigenvalue weighted by Crippen LogP contribution is -2.05. The Kier molecular flexibility index (Phi) is 10.4. The fraction of sp³-hybridized carbons (Fsp3) is 0.400. The molecule has 0 amide bonds. The van der Waals surface area contributed by atoms with Crippen molar-refractivity contribution in [3.05, 3.63) is 53.2 Å². The molecule has 2 rings (SSSR count). The summed E-state index contributed by atoms with van der Waals surface area (Å²) in [5.41, 5.74) is 7.86. The molecule has 0 saturated heterocycles. The largest absolute Gasteiger partial charge is 0.504 e. The van der Waals surface area contributed by atoms with E-state index in [4.69, 9.17) is 15.6 Å². The Morgan fingerprint density at radius 3 is 2.62 bits per heavy atom. The van der Waals surface area contributed by atoms with E-state index in [1.807, 2.05) is 6.07 Å². The molecule has 7 heteroatoms. The summed E-state index contributed by atoms with van der Waals surface area (Å²) in [6.07, 6.45) is 10.6. The van der Waals surface area contributed by atoms with Gasteiger partial charge in [-0.2, -0.15) is 0 Å². The van der Waals surface area contributed by atoms with E-state index in [-0.39, 0.29) is 29.5 Å². The van der Waals surface area contributed by atoms with Crippen molar-refractivity contribution in [3.63, 3.8) is 0 Å². The Bertz CT molecular complexity index is 923. The predicted molar refractivity (Wildman–Crippen MR) is 124 cm³/mol. The van der Waals surface area contributed by atoms with Crippen molar-refractivity contribution in [2.75, 3.05) is 12.5 Å². The van der Waals surface area contributed by atoms with E-state index in [9.17, 15) is 14.7 Å². The van der Waals surface area contributed by atoms with Gasteiger partial charge in [-0.15, -0.1) is 0 Å². The number of hydrogen-bond acceptors (Lipinski definition) is 7. The van der Waals surface area contributed by atoms with Gasteiger partial charge in [0.25, 0.3) is 0 Å². The Labute approximate surface area is 188 Å². The Hall–Kier alpha value is -3.19. The first-order valence-electron chi connectivity index (χ1n) is 11.0. The number of benzene rings is 1. The van der Waals surface area contributed by atoms with Crippen molar-refractivity contribution in [3.8, 4) is 11.5 Å². The third kappa shape index (κ3) is 8.51. The Morgan fingerprint density at radius 1 is 1.16 bits per heavy atom. The first-order valence-corrected chi connectivity index (χ1v) is 11.0. The van der Waals surface area contributed by atoms with Gasteiger partial charge < -0.3 is 20.7 Å². The molecule has 0 saturated carbocycles. The molecule has 0 bridgehead atoms. The van der Waals surface area contributed by atoms with Gasteiger partial charge in [0.05, 0.1) is 6.42 Å². The third-order valence-electron chi connectivity index (χ3n) is 5.06. The quantitative estimate of drug-likeness (QED) is 0.174. The van der Waals surface area contributed by atoms with Gasteiger partial charge in [-0.25, -0.2) is 4.98 Å². The standard InChI is InChI=1S/C25H32N2O5/c1-2-3-4-5-6-7-21(29)15-22(30)10-9-19-14-24(32-17-28)23(31)13-20(19)12-18-8-11-25(26)27-16-18/h8-11,13-14,16,28,31H,2-7,12,15,17H2,1H3,(H2,26,27). The normalized spacial score (nSPS) is 11.1. The molecule has 1 heterocycles. The molecule has 0 aliphatic carbocycles. The lowest BCUT2D eigenvalue weighted by Gasteiger charge is -2.12. The number of rotatable bonds is 14. The summed E-state index contributed by atoms with van der Waals surface area (Å²) in [5, 5.41) is 19.2. The number of nitrogens with zero attached hydrogens (tertiary/aromatic N) is 1. The van der Waals surface area contributed by atoms with Crippen molar-refractivity contribution >= 4 is 23.5 Å². The molecule has 0 atom stereocenters. The monoisotopic (exact) mass is 440 g/mol. The van der Waals surface area contributed by atoms with Crippen LogP contribution in [0.4, 0.5) is 5.82 Å². The number of hydrogen-bond donors (Lipinski definition) is 3. The number of aromatic hydroxyl groups is 1. The molecule has 0 unspecified atom stereocenters. The summed E-state index contributed by atoms with van der Waals surface area (Å²) in [6.45, 7) is 1.55. The zero-order valence-electron chi connectivity index (χ0n) is 18.5. The molecule has 0 fully saturated rings. The number of nitrogen functional groups attached to an aromatic ring is 1. The lowest BCUT2D eigenvalue weighted by molar-refractivity contribution is -0.124. The van der Waals surface area contributed by atoms with Gasteiger partial charge in [0.15, 0.2) is 24.1 Å². The van der Waals surface area contributed by atoms with E-state index < -0.39 is 6.79 Å². The maximum absolute atomic E-state index is 12.3. The SMILES string of the molecule is CCCCCCCC(=O)CC(=O)C=Cc1cc(OCO)c(O)cc1Cc1ccc(N)nc1. The average Bonchev–Trinajstić information content (AvgIpc) is 2.76. The van der Waals surface area contributed by atoms with Crippen molar-refractivity contribution in [1.82, 2.24) is 4.98 Å². The number of carbonyl (C=O) groups excluding carboxylic acids is 2. The molecule has 4 N–H and O–H groups in total. The highest BCUT2D eigenvalue weighted by Crippen LogP contribution is 2.31. The van der Waals surface area contributed by atoms with Crippen LogP contribution in [0, 0.1) is 0 Å². The molecular weight excluding hydrogens is 408 g/mol. The minimum atomic E-state index is -0.594. The fourth-order valence-corrected chi connectivity index (χ4v) is 3.33. The van der Waals surface area contributed by atoms with Crippen LogP contribution in [0.1, 0.15) is 68.6 Å². The van der Waals surface area contributed by atoms with E-state index in [0.717, 1.165) is 36.8 Å². The number of aliphatic hydroxyl groups is 1. The van der Waals surface area contributed by atoms with Crippen LogP contribution < -0.4 is 10.5 Å². The Morgan fingerprint density at radius 2 is 1.94 bits per heavy atom. The number of unbranched alkanes of at least 4 members (excludes halogenated alkanes) is 4. The van der Waals surface area contributed by atoms with Crippen molar-refractivity contribution < 1.29 is 24.5 Å². The number of anilines is 1. The molecule has 32 heavy (non-hydrogen) atoms. The van der Waals surface area contributed by atoms with Gasteiger partial charge in [0.1, 0.15) is 11.6 Å². The first kappa shape index (κ1) is 25.1. The van der Waals surface area contributed by atoms with Gasteiger partial charge in [-0.1, -0.05) is 44.7 Å². The van der Waals surface area contributed by atoms with E-state index >= 15 is 0 Å². The maximum atomic E-state index is 12.3. The van der Waals surface area contributed by atoms with Gasteiger partial charge in [-0.3, -0.25) is 9.59 Å². The smallest absolute Gasteiger partial charge is 0.186 e. The van der Waals surface area contributed by atoms with E-state index in [0.29, 0.717) is 24.2 Å². The highest BCUT2D eigenvalue weighted by Gasteiger charge is 2.12. The number of ketones is 2. The second-order valence-corrected chi connectivity index (χ2v) is 7.74. The number of ether oxygens (including phenoxy) is 1. The maximum Gasteiger partial charge on any atom is 0.186 e. The highest BCUT2D eigenvalue weighted by atomic mass is 16.6. The number of carbonyl (C=O) groups is 2. The van der Waals surface area contributed by atoms with Crippen LogP contribution in [0.2, 0.25) is 0 Å². The number of aromatic nitrogens is 1. The van der Waals surface area contributed by atoms with Gasteiger partial charge in [-0.05, 0) is 53.8 Å². The Balaban J connectivity index is 2.09. The zero-order chi connectivity index (χ0) is 23.3. The van der Waals surface area contributed by atoms with Gasteiger partial charge in [0, 0.05) is 12.6 Å². The van der Waals surface area contributed by atoms with E-state index in [1.165, 1.54) is 18.6 Å². The number of phenols is 1. The highest BCUT2D eigenvalue weighted by molar-refractivity contribution is 6.06. The molecule has 172 valence electrons. The summed E-state index contributed by atoms with van der Waals surface area (Å²) in [4.78, 5) is 28.4. The molecule has 0 aliphatic rings. The zero-order valence-corrected chi connectivity index (χ0v) is 18.5. The van der Waals surface area contributed by atoms with Gasteiger partial charge >= 0.3 is 0 Å². The summed E-state index contributed by atoms with van der Waals surface area (Å²) in [7, 11) is 0. The predicted octanol–water partition coefficient (Wildman–Crippen LogP) is 4.19. The number of aliphatic hydroxyl groups excluding tert-OH is 1. The number of pyridine rings is 1. The van der Waals surface area contributed by atoms with E-state index in [1.54, 1.807) is 24.4 Å². The minimum Gasteiger partial charge on any atom is -0.504 e. The van der Waals surface area contributed by atoms with Crippen LogP contribution in [0.3, 0.4) is 0 Å². The summed E-state index contributed by atoms with van der Waals surface area (Å²) < 4.78 is 5.05. The number of nitrogens with two attached hydrogens (primary N) is 1. The molecular formula is C25H32N2O5. The second-order valence-electron chi connectivity index (χ2n) is 7.74. The average molecular weight is 441 g/mol. The summed E-state index contributed by atoms with van der Waals surface area (Å²) in [6, 6.07) is 6.58. The molecule has 0 aliphatic heterocycles. The van der Waals surface area contributed by atoms with Crippen molar-refractivity contribution in [2.45, 2.75) is 58.3 Å². The van der Waals surface area contributed by atoms with Gasteiger partial charge in [0.2, 0.25) is 0 Å².